The summed E-state index contributed by atoms with van der Waals surface area (Å²) in [6.07, 6.45) is 0. The van der Waals surface area contributed by atoms with Crippen LogP contribution in [0.5, 0.6) is 0 Å². The van der Waals surface area contributed by atoms with Crippen LogP contribution in [0.1, 0.15) is 18.1 Å². The highest BCUT2D eigenvalue weighted by molar-refractivity contribution is 6.43. The Hall–Kier alpha value is -11.5. The highest BCUT2D eigenvalue weighted by Gasteiger charge is 2.58. The standard InChI is InChI=1S/C87H51N3/c1-13-37-61-49(25-1)55-31-7-19-43-67(55)79-73(61)74-62-38-14-2-26-50(62)56-32-8-20-44-68(56)80(74)88(79)85-86(89-81-69-45-21-9-33-57(69)51-27-3-15-39-63(51)75(81)76-64-40-16-4-28-52(64)58-34-10-22-46-70(58)82(76)89)87(85)90-83-71-47-23-11-35-59(71)53-29-5-17-41-65(53)77(83)78-66-42-18-6-30-54(66)60-36-12-24-48-72(60)84(78)90/h1-48,85-87H. The number of nitrogens with zero attached hydrogens (tertiary/aromatic N) is 3. The average molecular weight is 1140 g/mol. The molecule has 18 aromatic carbocycles. The zero-order valence-electron chi connectivity index (χ0n) is 48.8. The molecule has 1 aliphatic rings. The molecule has 0 aliphatic heterocycles. The van der Waals surface area contributed by atoms with Gasteiger partial charge in [-0.3, -0.25) is 0 Å². The molecule has 0 bridgehead atoms. The van der Waals surface area contributed by atoms with Crippen LogP contribution in [-0.2, 0) is 0 Å². The summed E-state index contributed by atoms with van der Waals surface area (Å²) < 4.78 is 8.83. The Labute approximate surface area is 514 Å². The topological polar surface area (TPSA) is 14.8 Å². The summed E-state index contributed by atoms with van der Waals surface area (Å²) in [6.45, 7) is 0. The van der Waals surface area contributed by atoms with Gasteiger partial charge in [0.1, 0.15) is 0 Å². The second-order valence-corrected chi connectivity index (χ2v) is 25.5. The third-order valence-corrected chi connectivity index (χ3v) is 21.4. The SMILES string of the molecule is c1ccc2c(c1)c1ccccc1c1c2c2c3ccccc3c3ccccc3c2n1C1C(n2c3c4ccccc4c4ccccc4c3c3c4ccccc4c4ccccc4c32)C1n1c2c3ccccc3c3ccccc3c2c2c3ccccc3c3ccccc3c21. The second-order valence-electron chi connectivity index (χ2n) is 25.5. The minimum atomic E-state index is -0.164. The molecule has 0 N–H and O–H groups in total. The number of hydrogen-bond donors (Lipinski definition) is 0. The van der Waals surface area contributed by atoms with Crippen molar-refractivity contribution in [3.05, 3.63) is 291 Å². The van der Waals surface area contributed by atoms with E-state index in [4.69, 9.17) is 0 Å². The Morgan fingerprint density at radius 1 is 0.122 bits per heavy atom. The highest BCUT2D eigenvalue weighted by atomic mass is 15.3. The lowest BCUT2D eigenvalue weighted by Crippen LogP contribution is -2.03. The summed E-state index contributed by atoms with van der Waals surface area (Å²) in [4.78, 5) is 0. The predicted molar refractivity (Wildman–Crippen MR) is 386 cm³/mol. The fourth-order valence-electron chi connectivity index (χ4n) is 18.2. The zero-order chi connectivity index (χ0) is 58.2. The van der Waals surface area contributed by atoms with E-state index in [9.17, 15) is 0 Å². The first-order valence-electron chi connectivity index (χ1n) is 31.8. The van der Waals surface area contributed by atoms with Crippen LogP contribution in [0.4, 0.5) is 0 Å². The third-order valence-electron chi connectivity index (χ3n) is 21.4. The minimum Gasteiger partial charge on any atom is -0.332 e. The number of aromatic nitrogens is 3. The molecule has 22 rings (SSSR count). The summed E-state index contributed by atoms with van der Waals surface area (Å²) in [5.41, 5.74) is 7.73. The van der Waals surface area contributed by atoms with Crippen LogP contribution in [-0.4, -0.2) is 13.7 Å². The lowest BCUT2D eigenvalue weighted by Gasteiger charge is -2.16. The molecule has 0 spiro atoms. The zero-order valence-corrected chi connectivity index (χ0v) is 48.8. The van der Waals surface area contributed by atoms with Gasteiger partial charge in [0.15, 0.2) is 0 Å². The Kier molecular flexibility index (Phi) is 9.08. The first-order chi connectivity index (χ1) is 44.8. The monoisotopic (exact) mass is 1140 g/mol. The van der Waals surface area contributed by atoms with E-state index in [1.165, 1.54) is 195 Å². The van der Waals surface area contributed by atoms with E-state index >= 15 is 0 Å². The van der Waals surface area contributed by atoms with Crippen molar-refractivity contribution in [2.24, 2.45) is 0 Å². The molecular formula is C87H51N3. The summed E-state index contributed by atoms with van der Waals surface area (Å²) in [6, 6.07) is 111. The minimum absolute atomic E-state index is 0.164. The van der Waals surface area contributed by atoms with E-state index in [1.54, 1.807) is 0 Å². The molecule has 414 valence electrons. The lowest BCUT2D eigenvalue weighted by atomic mass is 9.93. The van der Waals surface area contributed by atoms with Crippen molar-refractivity contribution < 1.29 is 0 Å². The van der Waals surface area contributed by atoms with Crippen molar-refractivity contribution in [3.8, 4) is 0 Å². The second kappa shape index (κ2) is 17.2. The smallest absolute Gasteiger partial charge is 0.0800 e. The molecule has 3 nitrogen and oxygen atoms in total. The molecule has 3 aromatic heterocycles. The van der Waals surface area contributed by atoms with Gasteiger partial charge < -0.3 is 13.7 Å². The van der Waals surface area contributed by atoms with Crippen LogP contribution in [0.2, 0.25) is 0 Å². The molecule has 3 heteroatoms. The van der Waals surface area contributed by atoms with E-state index in [2.05, 4.69) is 305 Å². The van der Waals surface area contributed by atoms with Gasteiger partial charge in [0.25, 0.3) is 0 Å². The summed E-state index contributed by atoms with van der Waals surface area (Å²) in [7, 11) is 0. The maximum Gasteiger partial charge on any atom is 0.0800 e. The maximum absolute atomic E-state index is 2.94. The predicted octanol–water partition coefficient (Wildman–Crippen LogP) is 23.9. The number of rotatable bonds is 3. The van der Waals surface area contributed by atoms with Crippen molar-refractivity contribution in [1.29, 1.82) is 0 Å². The van der Waals surface area contributed by atoms with Crippen molar-refractivity contribution in [1.82, 2.24) is 13.7 Å². The van der Waals surface area contributed by atoms with Gasteiger partial charge in [0, 0.05) is 64.6 Å². The fourth-order valence-corrected chi connectivity index (χ4v) is 18.2. The average Bonchev–Trinajstić information content (AvgIpc) is 1.48. The van der Waals surface area contributed by atoms with Gasteiger partial charge in [-0.1, -0.05) is 291 Å². The van der Waals surface area contributed by atoms with Gasteiger partial charge in [-0.2, -0.15) is 0 Å². The molecule has 0 unspecified atom stereocenters. The Morgan fingerprint density at radius 3 is 0.356 bits per heavy atom. The normalized spacial score (nSPS) is 15.7. The molecule has 0 saturated heterocycles. The van der Waals surface area contributed by atoms with Crippen LogP contribution >= 0.6 is 0 Å². The third kappa shape index (κ3) is 5.78. The quantitative estimate of drug-likeness (QED) is 0.157. The van der Waals surface area contributed by atoms with Crippen LogP contribution in [0.25, 0.3) is 195 Å². The van der Waals surface area contributed by atoms with Crippen molar-refractivity contribution in [2.75, 3.05) is 0 Å². The molecule has 21 aromatic rings. The number of benzene rings is 18. The van der Waals surface area contributed by atoms with Crippen molar-refractivity contribution in [2.45, 2.75) is 18.1 Å². The van der Waals surface area contributed by atoms with Gasteiger partial charge in [0.2, 0.25) is 0 Å². The Balaban J connectivity index is 1.05. The van der Waals surface area contributed by atoms with Crippen molar-refractivity contribution >= 4 is 195 Å². The Morgan fingerprint density at radius 2 is 0.222 bits per heavy atom. The van der Waals surface area contributed by atoms with E-state index in [0.717, 1.165) is 0 Å². The molecule has 1 fully saturated rings. The molecule has 0 radical (unpaired) electrons. The molecule has 1 aliphatic carbocycles. The first-order valence-corrected chi connectivity index (χ1v) is 31.8. The molecule has 0 amide bonds. The first kappa shape index (κ1) is 47.6. The summed E-state index contributed by atoms with van der Waals surface area (Å²) in [5, 5.41) is 38.5. The van der Waals surface area contributed by atoms with Crippen LogP contribution < -0.4 is 0 Å². The van der Waals surface area contributed by atoms with Crippen molar-refractivity contribution in [3.63, 3.8) is 0 Å². The van der Waals surface area contributed by atoms with E-state index in [-0.39, 0.29) is 18.1 Å². The maximum atomic E-state index is 2.94. The molecular weight excluding hydrogens is 1090 g/mol. The van der Waals surface area contributed by atoms with Gasteiger partial charge in [0.05, 0.1) is 51.2 Å². The van der Waals surface area contributed by atoms with Crippen LogP contribution in [0.15, 0.2) is 291 Å². The lowest BCUT2D eigenvalue weighted by molar-refractivity contribution is 0.685. The molecule has 90 heavy (non-hydrogen) atoms. The van der Waals surface area contributed by atoms with Gasteiger partial charge in [-0.25, -0.2) is 0 Å². The van der Waals surface area contributed by atoms with E-state index in [0.29, 0.717) is 0 Å². The molecule has 0 atom stereocenters. The number of fused-ring (bicyclic) bond motifs is 39. The number of hydrogen-bond acceptors (Lipinski definition) is 0. The van der Waals surface area contributed by atoms with Crippen LogP contribution in [0, 0.1) is 0 Å². The Bertz CT molecular complexity index is 5810. The van der Waals surface area contributed by atoms with Crippen LogP contribution in [0.3, 0.4) is 0 Å². The van der Waals surface area contributed by atoms with Gasteiger partial charge in [-0.05, 0) is 97.0 Å². The summed E-state index contributed by atoms with van der Waals surface area (Å²) in [5.74, 6) is 0. The van der Waals surface area contributed by atoms with E-state index < -0.39 is 0 Å². The highest BCUT2D eigenvalue weighted by Crippen LogP contribution is 2.67. The molecule has 3 heterocycles. The van der Waals surface area contributed by atoms with E-state index in [1.807, 2.05) is 0 Å². The van der Waals surface area contributed by atoms with Gasteiger partial charge in [-0.15, -0.1) is 0 Å². The molecule has 1 saturated carbocycles. The summed E-state index contributed by atoms with van der Waals surface area (Å²) >= 11 is 0. The largest absolute Gasteiger partial charge is 0.332 e. The fraction of sp³-hybridized carbons (Fsp3) is 0.0345. The van der Waals surface area contributed by atoms with Gasteiger partial charge >= 0.3 is 0 Å².